The van der Waals surface area contributed by atoms with Gasteiger partial charge in [0.1, 0.15) is 12.1 Å². The highest BCUT2D eigenvalue weighted by Gasteiger charge is 2.32. The van der Waals surface area contributed by atoms with Crippen LogP contribution in [-0.4, -0.2) is 53.6 Å². The van der Waals surface area contributed by atoms with Gasteiger partial charge in [0.15, 0.2) is 11.3 Å². The number of aliphatic hydroxyl groups is 1. The fourth-order valence-corrected chi connectivity index (χ4v) is 4.13. The number of ether oxygens (including phenoxy) is 1. The summed E-state index contributed by atoms with van der Waals surface area (Å²) in [5.41, 5.74) is -2.28. The molecular weight excluding hydrogens is 564 g/mol. The summed E-state index contributed by atoms with van der Waals surface area (Å²) in [6.45, 7) is 9.94. The summed E-state index contributed by atoms with van der Waals surface area (Å²) in [5.74, 6) is -1.85. The molecule has 10 heteroatoms. The maximum Gasteiger partial charge on any atom is 0.355 e. The molecule has 258 valence electrons. The highest BCUT2D eigenvalue weighted by molar-refractivity contribution is 5.88. The molecule has 0 aromatic carbocycles. The Bertz CT molecular complexity index is 732. The first-order chi connectivity index (χ1) is 20.9. The van der Waals surface area contributed by atoms with E-state index in [1.807, 2.05) is 0 Å². The second-order valence-corrected chi connectivity index (χ2v) is 12.5. The van der Waals surface area contributed by atoms with Crippen molar-refractivity contribution in [2.24, 2.45) is 10.2 Å². The number of azo groups is 1. The molecule has 0 heterocycles. The molecule has 0 fully saturated rings. The van der Waals surface area contributed by atoms with Crippen molar-refractivity contribution in [3.8, 4) is 0 Å². The Hall–Kier alpha value is -2.36. The number of hydrogen-bond acceptors (Lipinski definition) is 10. The first-order valence-electron chi connectivity index (χ1n) is 16.9. The fraction of sp³-hybridized carbons (Fsp3) is 0.882. The summed E-state index contributed by atoms with van der Waals surface area (Å²) in [6.07, 6.45) is 22.3. The van der Waals surface area contributed by atoms with Gasteiger partial charge in [0.25, 0.3) is 0 Å². The minimum atomic E-state index is -1.14. The number of rotatable bonds is 25. The fourth-order valence-electron chi connectivity index (χ4n) is 4.13. The smallest absolute Gasteiger partial charge is 0.355 e. The molecule has 0 bridgehead atoms. The lowest BCUT2D eigenvalue weighted by molar-refractivity contribution is -0.259. The van der Waals surface area contributed by atoms with Crippen LogP contribution in [0.3, 0.4) is 0 Å². The molecule has 0 amide bonds. The number of nitrogens with zero attached hydrogens (tertiary/aromatic N) is 2. The van der Waals surface area contributed by atoms with Crippen molar-refractivity contribution >= 4 is 23.7 Å². The molecule has 0 radical (unpaired) electrons. The second-order valence-electron chi connectivity index (χ2n) is 12.5. The molecule has 0 unspecified atom stereocenters. The average Bonchev–Trinajstić information content (AvgIpc) is 3.00. The van der Waals surface area contributed by atoms with E-state index in [1.54, 1.807) is 0 Å². The summed E-state index contributed by atoms with van der Waals surface area (Å²) in [6, 6.07) is 0. The maximum absolute atomic E-state index is 11.6. The summed E-state index contributed by atoms with van der Waals surface area (Å²) < 4.78 is 4.54. The molecule has 0 aliphatic rings. The van der Waals surface area contributed by atoms with Gasteiger partial charge >= 0.3 is 17.9 Å². The van der Waals surface area contributed by atoms with Crippen LogP contribution in [0.1, 0.15) is 170 Å². The van der Waals surface area contributed by atoms with Gasteiger partial charge < -0.3 is 9.84 Å². The molecule has 0 saturated heterocycles. The zero-order valence-corrected chi connectivity index (χ0v) is 29.0. The second kappa shape index (κ2) is 28.1. The molecule has 1 N–H and O–H groups in total. The Morgan fingerprint density at radius 2 is 0.864 bits per heavy atom. The molecule has 44 heavy (non-hydrogen) atoms. The standard InChI is InChI=1S/C24H46O4.C10H18N2O4/c1-3-5-7-9-11-13-15-17-19-21-23(25)27-28-24(26)22-20-18-16-14-12-10-8-6-4-2;1-9(2,7(14)6-13)11-12-10(3,4)8(15)16-5/h3-22H2,1-2H3;13H,6H2,1-5H3. The Morgan fingerprint density at radius 3 is 1.18 bits per heavy atom. The molecule has 0 aromatic heterocycles. The third kappa shape index (κ3) is 26.1. The number of unbranched alkanes of at least 4 members (excludes halogenated alkanes) is 16. The molecule has 0 saturated carbocycles. The van der Waals surface area contributed by atoms with Crippen LogP contribution in [0.25, 0.3) is 0 Å². The maximum atomic E-state index is 11.6. The van der Waals surface area contributed by atoms with Gasteiger partial charge in [-0.15, -0.1) is 0 Å². The lowest BCUT2D eigenvalue weighted by Crippen LogP contribution is -2.35. The Balaban J connectivity index is 0. The summed E-state index contributed by atoms with van der Waals surface area (Å²) in [5, 5.41) is 16.3. The summed E-state index contributed by atoms with van der Waals surface area (Å²) >= 11 is 0. The highest BCUT2D eigenvalue weighted by Crippen LogP contribution is 2.18. The van der Waals surface area contributed by atoms with E-state index >= 15 is 0 Å². The predicted octanol–water partition coefficient (Wildman–Crippen LogP) is 8.56. The van der Waals surface area contributed by atoms with Crippen molar-refractivity contribution < 1.29 is 38.8 Å². The van der Waals surface area contributed by atoms with Gasteiger partial charge in [-0.3, -0.25) is 4.79 Å². The van der Waals surface area contributed by atoms with E-state index in [1.165, 1.54) is 112 Å². The van der Waals surface area contributed by atoms with Crippen molar-refractivity contribution in [2.45, 2.75) is 181 Å². The van der Waals surface area contributed by atoms with Crippen LogP contribution in [0.5, 0.6) is 0 Å². The van der Waals surface area contributed by atoms with Crippen molar-refractivity contribution in [3.63, 3.8) is 0 Å². The zero-order chi connectivity index (χ0) is 33.7. The molecule has 0 aliphatic heterocycles. The largest absolute Gasteiger partial charge is 0.467 e. The highest BCUT2D eigenvalue weighted by atomic mass is 17.2. The van der Waals surface area contributed by atoms with Crippen LogP contribution in [-0.2, 0) is 33.7 Å². The number of carbonyl (C=O) groups excluding carboxylic acids is 4. The van der Waals surface area contributed by atoms with Crippen LogP contribution in [0.4, 0.5) is 0 Å². The summed E-state index contributed by atoms with van der Waals surface area (Å²) in [4.78, 5) is 54.9. The van der Waals surface area contributed by atoms with Gasteiger partial charge in [-0.25, -0.2) is 24.2 Å². The van der Waals surface area contributed by atoms with Crippen molar-refractivity contribution in [3.05, 3.63) is 0 Å². The van der Waals surface area contributed by atoms with Gasteiger partial charge in [0, 0.05) is 0 Å². The Kier molecular flexibility index (Phi) is 28.0. The lowest BCUT2D eigenvalue weighted by Gasteiger charge is -2.19. The number of Topliss-reactive ketones (excluding diaryl/α,β-unsaturated/α-hetero) is 1. The van der Waals surface area contributed by atoms with Crippen LogP contribution >= 0.6 is 0 Å². The normalized spacial score (nSPS) is 11.5. The van der Waals surface area contributed by atoms with Crippen LogP contribution in [0.2, 0.25) is 0 Å². The molecule has 0 aromatic rings. The van der Waals surface area contributed by atoms with E-state index in [2.05, 4.69) is 38.6 Å². The number of aliphatic hydroxyl groups excluding tert-OH is 1. The number of methoxy groups -OCH3 is 1. The number of esters is 1. The van der Waals surface area contributed by atoms with Gasteiger partial charge in [-0.05, 0) is 40.5 Å². The quantitative estimate of drug-likeness (QED) is 0.0348. The van der Waals surface area contributed by atoms with E-state index in [9.17, 15) is 19.2 Å². The first-order valence-corrected chi connectivity index (χ1v) is 16.9. The number of ketones is 1. The van der Waals surface area contributed by atoms with Crippen molar-refractivity contribution in [1.29, 1.82) is 0 Å². The van der Waals surface area contributed by atoms with Crippen molar-refractivity contribution in [1.82, 2.24) is 0 Å². The van der Waals surface area contributed by atoms with E-state index < -0.39 is 41.4 Å². The molecular formula is C34H64N2O8. The molecule has 0 aliphatic carbocycles. The SMILES string of the molecule is CCCCCCCCCCCC(=O)OOC(=O)CCCCCCCCCCC.COC(=O)C(C)(C)N=NC(C)(C)C(=O)CO. The topological polar surface area (TPSA) is 141 Å². The molecule has 10 nitrogen and oxygen atoms in total. The molecule has 0 spiro atoms. The Labute approximate surface area is 267 Å². The van der Waals surface area contributed by atoms with E-state index in [0.29, 0.717) is 12.8 Å². The van der Waals surface area contributed by atoms with Gasteiger partial charge in [0.2, 0.25) is 0 Å². The average molecular weight is 629 g/mol. The van der Waals surface area contributed by atoms with Crippen LogP contribution < -0.4 is 0 Å². The number of carbonyl (C=O) groups is 4. The third-order valence-corrected chi connectivity index (χ3v) is 7.26. The lowest BCUT2D eigenvalue weighted by atomic mass is 10.0. The first kappa shape index (κ1) is 43.8. The van der Waals surface area contributed by atoms with Gasteiger partial charge in [0.05, 0.1) is 20.0 Å². The van der Waals surface area contributed by atoms with Gasteiger partial charge in [-0.2, -0.15) is 10.2 Å². The minimum absolute atomic E-state index is 0.334. The monoisotopic (exact) mass is 628 g/mol. The minimum Gasteiger partial charge on any atom is -0.467 e. The van der Waals surface area contributed by atoms with E-state index in [-0.39, 0.29) is 0 Å². The molecule has 0 rings (SSSR count). The Morgan fingerprint density at radius 1 is 0.545 bits per heavy atom. The van der Waals surface area contributed by atoms with Gasteiger partial charge in [-0.1, -0.05) is 117 Å². The van der Waals surface area contributed by atoms with Crippen molar-refractivity contribution in [2.75, 3.05) is 13.7 Å². The van der Waals surface area contributed by atoms with Crippen LogP contribution in [0, 0.1) is 0 Å². The van der Waals surface area contributed by atoms with E-state index in [0.717, 1.165) is 38.5 Å². The zero-order valence-electron chi connectivity index (χ0n) is 29.0. The number of hydrogen-bond donors (Lipinski definition) is 1. The predicted molar refractivity (Wildman–Crippen MR) is 173 cm³/mol. The van der Waals surface area contributed by atoms with E-state index in [4.69, 9.17) is 5.11 Å². The summed E-state index contributed by atoms with van der Waals surface area (Å²) in [7, 11) is 1.25. The third-order valence-electron chi connectivity index (χ3n) is 7.26. The molecule has 0 atom stereocenters. The van der Waals surface area contributed by atoms with Crippen LogP contribution in [0.15, 0.2) is 10.2 Å².